The molecule has 0 aromatic carbocycles. The number of alkyl halides is 2. The first kappa shape index (κ1) is 10.3. The summed E-state index contributed by atoms with van der Waals surface area (Å²) in [6, 6.07) is 1.35. The molecule has 12 heavy (non-hydrogen) atoms. The number of rotatable bonds is 1. The topological polar surface area (TPSA) is 12.9 Å². The molecular weight excluding hydrogens is 343 g/mol. The van der Waals surface area contributed by atoms with Crippen molar-refractivity contribution in [3.8, 4) is 0 Å². The fourth-order valence-corrected chi connectivity index (χ4v) is 1.83. The Morgan fingerprint density at radius 2 is 2.17 bits per heavy atom. The van der Waals surface area contributed by atoms with Gasteiger partial charge in [0.05, 0.1) is 5.69 Å². The van der Waals surface area contributed by atoms with Crippen molar-refractivity contribution in [3.63, 3.8) is 0 Å². The second-order valence-corrected chi connectivity index (χ2v) is 4.13. The Morgan fingerprint density at radius 1 is 1.58 bits per heavy atom. The van der Waals surface area contributed by atoms with Crippen LogP contribution in [0, 0.1) is 10.5 Å². The van der Waals surface area contributed by atoms with Crippen molar-refractivity contribution in [2.24, 2.45) is 0 Å². The van der Waals surface area contributed by atoms with Gasteiger partial charge in [-0.2, -0.15) is 0 Å². The third kappa shape index (κ3) is 2.12. The summed E-state index contributed by atoms with van der Waals surface area (Å²) in [7, 11) is 0. The Morgan fingerprint density at radius 3 is 2.67 bits per heavy atom. The minimum Gasteiger partial charge on any atom is -0.245 e. The quantitative estimate of drug-likeness (QED) is 0.557. The number of aromatic nitrogens is 1. The van der Waals surface area contributed by atoms with Crippen molar-refractivity contribution >= 4 is 38.5 Å². The maximum absolute atomic E-state index is 12.3. The summed E-state index contributed by atoms with van der Waals surface area (Å²) in [4.78, 5) is 3.99. The summed E-state index contributed by atoms with van der Waals surface area (Å²) >= 11 is 4.94. The standard InChI is InChI=1S/C7H5BrF2IN/c1-3-6(11)4(7(9)10)2-5(8)12-3/h2,7H,1H3. The molecule has 0 saturated carbocycles. The van der Waals surface area contributed by atoms with Crippen LogP contribution in [-0.2, 0) is 0 Å². The van der Waals surface area contributed by atoms with Gasteiger partial charge >= 0.3 is 0 Å². The first-order chi connectivity index (χ1) is 5.52. The molecule has 66 valence electrons. The van der Waals surface area contributed by atoms with Gasteiger partial charge in [0.25, 0.3) is 6.43 Å². The molecule has 0 unspecified atom stereocenters. The smallest absolute Gasteiger partial charge is 0.245 e. The molecule has 0 aliphatic carbocycles. The van der Waals surface area contributed by atoms with Crippen molar-refractivity contribution in [1.29, 1.82) is 0 Å². The summed E-state index contributed by atoms with van der Waals surface area (Å²) in [6.45, 7) is 1.71. The van der Waals surface area contributed by atoms with Crippen molar-refractivity contribution in [3.05, 3.63) is 25.5 Å². The van der Waals surface area contributed by atoms with Gasteiger partial charge in [0.1, 0.15) is 4.60 Å². The van der Waals surface area contributed by atoms with Gasteiger partial charge < -0.3 is 0 Å². The molecule has 1 nitrogen and oxygen atoms in total. The summed E-state index contributed by atoms with van der Waals surface area (Å²) < 4.78 is 25.7. The average molecular weight is 348 g/mol. The molecule has 0 saturated heterocycles. The summed E-state index contributed by atoms with van der Waals surface area (Å²) in [5.74, 6) is 0. The van der Waals surface area contributed by atoms with Crippen LogP contribution in [0.4, 0.5) is 8.78 Å². The van der Waals surface area contributed by atoms with E-state index in [0.29, 0.717) is 13.9 Å². The van der Waals surface area contributed by atoms with E-state index in [1.54, 1.807) is 6.92 Å². The first-order valence-electron chi connectivity index (χ1n) is 3.13. The Labute approximate surface area is 90.8 Å². The minimum absolute atomic E-state index is 0.0370. The normalized spacial score (nSPS) is 10.8. The van der Waals surface area contributed by atoms with Gasteiger partial charge in [-0.25, -0.2) is 13.8 Å². The zero-order chi connectivity index (χ0) is 9.30. The largest absolute Gasteiger partial charge is 0.265 e. The van der Waals surface area contributed by atoms with Gasteiger partial charge in [0, 0.05) is 9.13 Å². The van der Waals surface area contributed by atoms with Crippen LogP contribution < -0.4 is 0 Å². The molecule has 0 N–H and O–H groups in total. The van der Waals surface area contributed by atoms with Gasteiger partial charge in [-0.3, -0.25) is 0 Å². The highest BCUT2D eigenvalue weighted by Gasteiger charge is 2.14. The van der Waals surface area contributed by atoms with E-state index in [1.165, 1.54) is 6.07 Å². The summed E-state index contributed by atoms with van der Waals surface area (Å²) in [5.41, 5.74) is 0.662. The second-order valence-electron chi connectivity index (χ2n) is 2.23. The predicted molar refractivity (Wildman–Crippen MR) is 54.3 cm³/mol. The Hall–Kier alpha value is 0.220. The van der Waals surface area contributed by atoms with E-state index in [1.807, 2.05) is 22.6 Å². The van der Waals surface area contributed by atoms with Crippen molar-refractivity contribution < 1.29 is 8.78 Å². The van der Waals surface area contributed by atoms with Gasteiger partial charge in [-0.05, 0) is 51.5 Å². The monoisotopic (exact) mass is 347 g/mol. The van der Waals surface area contributed by atoms with Crippen LogP contribution in [0.5, 0.6) is 0 Å². The molecule has 0 spiro atoms. The van der Waals surface area contributed by atoms with Gasteiger partial charge in [0.2, 0.25) is 0 Å². The SMILES string of the molecule is Cc1nc(Br)cc(C(F)F)c1I. The summed E-state index contributed by atoms with van der Waals surface area (Å²) in [6.07, 6.45) is -2.44. The fourth-order valence-electron chi connectivity index (χ4n) is 0.801. The van der Waals surface area contributed by atoms with E-state index in [-0.39, 0.29) is 5.56 Å². The van der Waals surface area contributed by atoms with Gasteiger partial charge in [-0.1, -0.05) is 0 Å². The number of nitrogens with zero attached hydrogens (tertiary/aromatic N) is 1. The maximum atomic E-state index is 12.3. The molecule has 1 heterocycles. The molecule has 1 aromatic heterocycles. The lowest BCUT2D eigenvalue weighted by Gasteiger charge is -2.05. The van der Waals surface area contributed by atoms with E-state index >= 15 is 0 Å². The third-order valence-corrected chi connectivity index (χ3v) is 3.16. The van der Waals surface area contributed by atoms with Crippen LogP contribution in [0.1, 0.15) is 17.7 Å². The highest BCUT2D eigenvalue weighted by atomic mass is 127. The summed E-state index contributed by atoms with van der Waals surface area (Å²) in [5, 5.41) is 0. The van der Waals surface area contributed by atoms with Crippen molar-refractivity contribution in [2.45, 2.75) is 13.3 Å². The molecule has 0 bridgehead atoms. The average Bonchev–Trinajstić information content (AvgIpc) is 1.96. The lowest BCUT2D eigenvalue weighted by molar-refractivity contribution is 0.150. The third-order valence-electron chi connectivity index (χ3n) is 1.36. The molecule has 1 rings (SSSR count). The van der Waals surface area contributed by atoms with Gasteiger partial charge in [0.15, 0.2) is 0 Å². The van der Waals surface area contributed by atoms with Gasteiger partial charge in [-0.15, -0.1) is 0 Å². The minimum atomic E-state index is -2.44. The fraction of sp³-hybridized carbons (Fsp3) is 0.286. The number of halogens is 4. The van der Waals surface area contributed by atoms with Crippen LogP contribution in [0.2, 0.25) is 0 Å². The van der Waals surface area contributed by atoms with Crippen LogP contribution >= 0.6 is 38.5 Å². The lowest BCUT2D eigenvalue weighted by atomic mass is 10.2. The molecule has 0 aliphatic heterocycles. The van der Waals surface area contributed by atoms with E-state index in [2.05, 4.69) is 20.9 Å². The van der Waals surface area contributed by atoms with E-state index in [9.17, 15) is 8.78 Å². The van der Waals surface area contributed by atoms with Crippen LogP contribution in [0.25, 0.3) is 0 Å². The number of aryl methyl sites for hydroxylation is 1. The Kier molecular flexibility index (Phi) is 3.39. The molecule has 5 heteroatoms. The molecule has 0 fully saturated rings. The number of hydrogen-bond acceptors (Lipinski definition) is 1. The van der Waals surface area contributed by atoms with E-state index in [0.717, 1.165) is 0 Å². The molecule has 0 atom stereocenters. The van der Waals surface area contributed by atoms with E-state index in [4.69, 9.17) is 0 Å². The first-order valence-corrected chi connectivity index (χ1v) is 5.00. The highest BCUT2D eigenvalue weighted by molar-refractivity contribution is 14.1. The predicted octanol–water partition coefficient (Wildman–Crippen LogP) is 3.69. The zero-order valence-electron chi connectivity index (χ0n) is 6.11. The van der Waals surface area contributed by atoms with Crippen molar-refractivity contribution in [1.82, 2.24) is 4.98 Å². The van der Waals surface area contributed by atoms with Crippen LogP contribution in [0.15, 0.2) is 10.7 Å². The number of hydrogen-bond donors (Lipinski definition) is 0. The van der Waals surface area contributed by atoms with Crippen LogP contribution in [-0.4, -0.2) is 4.98 Å². The Bertz CT molecular complexity index is 304. The van der Waals surface area contributed by atoms with Crippen LogP contribution in [0.3, 0.4) is 0 Å². The maximum Gasteiger partial charge on any atom is 0.265 e. The zero-order valence-corrected chi connectivity index (χ0v) is 9.86. The Balaban J connectivity index is 3.28. The number of pyridine rings is 1. The molecular formula is C7H5BrF2IN. The highest BCUT2D eigenvalue weighted by Crippen LogP contribution is 2.27. The molecule has 0 aliphatic rings. The lowest BCUT2D eigenvalue weighted by Crippen LogP contribution is -1.96. The molecule has 0 radical (unpaired) electrons. The second kappa shape index (κ2) is 3.95. The molecule has 1 aromatic rings. The molecule has 0 amide bonds. The van der Waals surface area contributed by atoms with E-state index < -0.39 is 6.43 Å². The van der Waals surface area contributed by atoms with Crippen molar-refractivity contribution in [2.75, 3.05) is 0 Å².